The van der Waals surface area contributed by atoms with E-state index in [4.69, 9.17) is 9.47 Å². The first-order valence-electron chi connectivity index (χ1n) is 13.6. The molecular weight excluding hydrogens is 639 g/mol. The lowest BCUT2D eigenvalue weighted by Crippen LogP contribution is -2.64. The average Bonchev–Trinajstić information content (AvgIpc) is 3.45. The van der Waals surface area contributed by atoms with Gasteiger partial charge in [0.2, 0.25) is 0 Å². The zero-order valence-electron chi connectivity index (χ0n) is 23.2. The Bertz CT molecular complexity index is 1440. The van der Waals surface area contributed by atoms with E-state index in [0.717, 1.165) is 22.4 Å². The molecule has 0 spiro atoms. The molecule has 43 heavy (non-hydrogen) atoms. The minimum Gasteiger partial charge on any atom is -0.394 e. The van der Waals surface area contributed by atoms with Gasteiger partial charge in [-0.15, -0.1) is 5.10 Å². The predicted molar refractivity (Wildman–Crippen MR) is 151 cm³/mol. The second-order valence-corrected chi connectivity index (χ2v) is 11.5. The molecule has 15 heteroatoms. The maximum absolute atomic E-state index is 14.5. The van der Waals surface area contributed by atoms with E-state index in [1.165, 1.54) is 18.2 Å². The topological polar surface area (TPSA) is 142 Å². The van der Waals surface area contributed by atoms with Gasteiger partial charge in [-0.3, -0.25) is 4.79 Å². The van der Waals surface area contributed by atoms with E-state index < -0.39 is 72.6 Å². The summed E-state index contributed by atoms with van der Waals surface area (Å²) in [7, 11) is 1.31. The third kappa shape index (κ3) is 6.20. The molecule has 2 aliphatic heterocycles. The molecule has 11 nitrogen and oxygen atoms in total. The number of hydrogen-bond donors (Lipinski definition) is 4. The van der Waals surface area contributed by atoms with Gasteiger partial charge in [0.15, 0.2) is 23.6 Å². The number of methoxy groups -OCH3 is 1. The Morgan fingerprint density at radius 2 is 1.93 bits per heavy atom. The largest absolute Gasteiger partial charge is 0.394 e. The zero-order chi connectivity index (χ0) is 31.0. The third-order valence-electron chi connectivity index (χ3n) is 7.77. The summed E-state index contributed by atoms with van der Waals surface area (Å²) in [6.07, 6.45) is -4.54. The average molecular weight is 670 g/mol. The number of ether oxygens (including phenoxy) is 2. The van der Waals surface area contributed by atoms with E-state index in [1.54, 1.807) is 12.1 Å². The molecule has 3 heterocycles. The molecule has 0 unspecified atom stereocenters. The van der Waals surface area contributed by atoms with Crippen LogP contribution in [0.5, 0.6) is 0 Å². The molecule has 0 radical (unpaired) electrons. The van der Waals surface area contributed by atoms with E-state index in [9.17, 15) is 33.3 Å². The third-order valence-corrected chi connectivity index (χ3v) is 8.22. The first-order chi connectivity index (χ1) is 20.5. The molecule has 1 amide bonds. The quantitative estimate of drug-likeness (QED) is 0.277. The number of benzene rings is 2. The number of carbonyl (C=O) groups excluding carboxylic acids is 1. The highest BCUT2D eigenvalue weighted by molar-refractivity contribution is 9.10. The number of aliphatic hydroxyl groups is 3. The normalized spacial score (nSPS) is 27.7. The van der Waals surface area contributed by atoms with Gasteiger partial charge in [-0.2, -0.15) is 0 Å². The molecule has 0 bridgehead atoms. The number of nitrogens with zero attached hydrogens (tertiary/aromatic N) is 4. The molecule has 2 aliphatic rings. The standard InChI is InChI=1S/C28H31BrF3N5O6/c1-13-5-15(29)9-16(6-13)37(20-3-4-33-10-21(20)39)28(41)27-26(42-2)24(25(40)22(12-38)43-27)36-11-19(34-35-36)14-7-17(30)23(32)18(31)8-14/h5-9,11,20-22,24-27,33,38-40H,3-4,10,12H2,1-2H3/t20-,21-,22-,24+,25+,26-,27-/m1/s1. The van der Waals surface area contributed by atoms with Crippen molar-refractivity contribution >= 4 is 27.5 Å². The Morgan fingerprint density at radius 3 is 2.56 bits per heavy atom. The molecule has 5 rings (SSSR count). The molecule has 232 valence electrons. The van der Waals surface area contributed by atoms with Crippen LogP contribution in [-0.2, 0) is 14.3 Å². The summed E-state index contributed by atoms with van der Waals surface area (Å²) in [5, 5.41) is 43.3. The molecule has 2 fully saturated rings. The van der Waals surface area contributed by atoms with Gasteiger partial charge < -0.3 is 35.0 Å². The molecular formula is C28H31BrF3N5O6. The minimum atomic E-state index is -1.63. The van der Waals surface area contributed by atoms with Gasteiger partial charge >= 0.3 is 0 Å². The maximum Gasteiger partial charge on any atom is 0.259 e. The van der Waals surface area contributed by atoms with Crippen molar-refractivity contribution in [1.82, 2.24) is 20.3 Å². The Hall–Kier alpha value is -2.92. The summed E-state index contributed by atoms with van der Waals surface area (Å²) in [4.78, 5) is 15.9. The number of hydrogen-bond acceptors (Lipinski definition) is 9. The number of anilines is 1. The van der Waals surface area contributed by atoms with Crippen LogP contribution in [0.3, 0.4) is 0 Å². The number of aryl methyl sites for hydroxylation is 1. The number of β-amino-alcohol motifs (C(OH)–C–C–N with tert-alkyl or cyclic N) is 1. The van der Waals surface area contributed by atoms with Gasteiger partial charge in [-0.1, -0.05) is 21.1 Å². The summed E-state index contributed by atoms with van der Waals surface area (Å²) in [6, 6.07) is 5.12. The zero-order valence-corrected chi connectivity index (χ0v) is 24.8. The molecule has 0 aliphatic carbocycles. The number of rotatable bonds is 7. The SMILES string of the molecule is CO[C@@H]1[C@@H](n2cc(-c3cc(F)c(F)c(F)c3)nn2)[C@@H](O)[C@@H](CO)O[C@H]1C(=O)N(c1cc(C)cc(Br)c1)[C@@H]1CCNC[C@H]1O. The lowest BCUT2D eigenvalue weighted by molar-refractivity contribution is -0.211. The van der Waals surface area contributed by atoms with Gasteiger partial charge in [0, 0.05) is 29.4 Å². The molecule has 3 aromatic rings. The Morgan fingerprint density at radius 1 is 1.21 bits per heavy atom. The van der Waals surface area contributed by atoms with Gasteiger partial charge in [0.1, 0.15) is 30.0 Å². The monoisotopic (exact) mass is 669 g/mol. The van der Waals surface area contributed by atoms with Crippen LogP contribution < -0.4 is 10.2 Å². The van der Waals surface area contributed by atoms with E-state index >= 15 is 0 Å². The second kappa shape index (κ2) is 13.0. The summed E-state index contributed by atoms with van der Waals surface area (Å²) < 4.78 is 54.9. The number of aliphatic hydroxyl groups excluding tert-OH is 3. The maximum atomic E-state index is 14.5. The number of piperidine rings is 1. The van der Waals surface area contributed by atoms with Crippen LogP contribution in [0, 0.1) is 24.4 Å². The van der Waals surface area contributed by atoms with Crippen molar-refractivity contribution in [2.75, 3.05) is 31.7 Å². The number of carbonyl (C=O) groups is 1. The summed E-state index contributed by atoms with van der Waals surface area (Å²) >= 11 is 3.47. The van der Waals surface area contributed by atoms with Crippen molar-refractivity contribution in [3.05, 3.63) is 64.0 Å². The van der Waals surface area contributed by atoms with Crippen molar-refractivity contribution in [3.63, 3.8) is 0 Å². The van der Waals surface area contributed by atoms with E-state index in [0.29, 0.717) is 23.1 Å². The highest BCUT2D eigenvalue weighted by Gasteiger charge is 2.52. The molecule has 2 saturated heterocycles. The Kier molecular flexibility index (Phi) is 9.51. The molecule has 4 N–H and O–H groups in total. The van der Waals surface area contributed by atoms with Crippen LogP contribution >= 0.6 is 15.9 Å². The molecule has 2 aromatic carbocycles. The fourth-order valence-corrected chi connectivity index (χ4v) is 6.32. The van der Waals surface area contributed by atoms with Crippen molar-refractivity contribution in [2.45, 2.75) is 55.9 Å². The lowest BCUT2D eigenvalue weighted by atomic mass is 9.90. The number of amides is 1. The highest BCUT2D eigenvalue weighted by Crippen LogP contribution is 2.36. The van der Waals surface area contributed by atoms with Crippen molar-refractivity contribution in [2.24, 2.45) is 0 Å². The fraction of sp³-hybridized carbons (Fsp3) is 0.464. The number of halogens is 4. The van der Waals surface area contributed by atoms with Crippen molar-refractivity contribution in [3.8, 4) is 11.3 Å². The lowest BCUT2D eigenvalue weighted by Gasteiger charge is -2.46. The first-order valence-corrected chi connectivity index (χ1v) is 14.4. The summed E-state index contributed by atoms with van der Waals surface area (Å²) in [5.41, 5.74) is 1.19. The first kappa shape index (κ1) is 31.5. The van der Waals surface area contributed by atoms with Crippen LogP contribution in [0.2, 0.25) is 0 Å². The van der Waals surface area contributed by atoms with Gasteiger partial charge in [-0.25, -0.2) is 17.9 Å². The van der Waals surface area contributed by atoms with Crippen LogP contribution in [0.15, 0.2) is 41.0 Å². The molecule has 0 saturated carbocycles. The van der Waals surface area contributed by atoms with Crippen LogP contribution in [0.1, 0.15) is 18.0 Å². The predicted octanol–water partition coefficient (Wildman–Crippen LogP) is 1.87. The minimum absolute atomic E-state index is 0.0427. The van der Waals surface area contributed by atoms with Crippen LogP contribution in [0.4, 0.5) is 18.9 Å². The van der Waals surface area contributed by atoms with Gasteiger partial charge in [0.25, 0.3) is 5.91 Å². The van der Waals surface area contributed by atoms with E-state index in [1.807, 2.05) is 13.0 Å². The Labute approximate surface area is 253 Å². The Balaban J connectivity index is 1.55. The molecule has 1 aromatic heterocycles. The van der Waals surface area contributed by atoms with E-state index in [2.05, 4.69) is 31.6 Å². The summed E-state index contributed by atoms with van der Waals surface area (Å²) in [6.45, 7) is 2.00. The van der Waals surface area contributed by atoms with Crippen molar-refractivity contribution < 1.29 is 42.8 Å². The smallest absolute Gasteiger partial charge is 0.259 e. The number of nitrogens with one attached hydrogen (secondary N) is 1. The van der Waals surface area contributed by atoms with Gasteiger partial charge in [-0.05, 0) is 55.8 Å². The second-order valence-electron chi connectivity index (χ2n) is 10.6. The van der Waals surface area contributed by atoms with Crippen LogP contribution in [-0.4, -0.2) is 99.6 Å². The van der Waals surface area contributed by atoms with E-state index in [-0.39, 0.29) is 17.8 Å². The molecule has 7 atom stereocenters. The van der Waals surface area contributed by atoms with Crippen molar-refractivity contribution in [1.29, 1.82) is 0 Å². The number of aromatic nitrogens is 3. The highest BCUT2D eigenvalue weighted by atomic mass is 79.9. The van der Waals surface area contributed by atoms with Gasteiger partial charge in [0.05, 0.1) is 24.9 Å². The summed E-state index contributed by atoms with van der Waals surface area (Å²) in [5.74, 6) is -5.06. The van der Waals surface area contributed by atoms with Crippen LogP contribution in [0.25, 0.3) is 11.3 Å². The fourth-order valence-electron chi connectivity index (χ4n) is 5.72.